The second-order valence-corrected chi connectivity index (χ2v) is 5.34. The molecule has 2 heteroatoms. The van der Waals surface area contributed by atoms with Gasteiger partial charge in [-0.3, -0.25) is 0 Å². The van der Waals surface area contributed by atoms with E-state index < -0.39 is 0 Å². The number of hydrogen-bond donors (Lipinski definition) is 0. The van der Waals surface area contributed by atoms with Crippen LogP contribution < -0.4 is 4.74 Å². The fourth-order valence-corrected chi connectivity index (χ4v) is 3.04. The van der Waals surface area contributed by atoms with E-state index in [0.29, 0.717) is 12.5 Å². The van der Waals surface area contributed by atoms with Crippen molar-refractivity contribution in [2.24, 2.45) is 0 Å². The van der Waals surface area contributed by atoms with Crippen LogP contribution in [-0.4, -0.2) is 11.6 Å². The zero-order valence-corrected chi connectivity index (χ0v) is 11.6. The highest BCUT2D eigenvalue weighted by atomic mass is 16.5. The highest BCUT2D eigenvalue weighted by Crippen LogP contribution is 2.35. The standard InChI is InChI=1S/C17H21NO/c1-2-19-17-15-11-7-6-10-14(15)12-16(18-17)13-8-4-3-5-9-13/h6-7,10-13H,2-5,8-9H2,1H3. The van der Waals surface area contributed by atoms with Crippen molar-refractivity contribution >= 4 is 10.8 Å². The topological polar surface area (TPSA) is 22.1 Å². The van der Waals surface area contributed by atoms with Gasteiger partial charge >= 0.3 is 0 Å². The van der Waals surface area contributed by atoms with Crippen molar-refractivity contribution in [1.29, 1.82) is 0 Å². The van der Waals surface area contributed by atoms with Crippen LogP contribution in [0.15, 0.2) is 30.3 Å². The van der Waals surface area contributed by atoms with Crippen molar-refractivity contribution in [1.82, 2.24) is 4.98 Å². The van der Waals surface area contributed by atoms with E-state index in [1.54, 1.807) is 0 Å². The lowest BCUT2D eigenvalue weighted by Crippen LogP contribution is -2.08. The van der Waals surface area contributed by atoms with Crippen LogP contribution in [-0.2, 0) is 0 Å². The number of pyridine rings is 1. The molecule has 1 fully saturated rings. The Labute approximate surface area is 114 Å². The van der Waals surface area contributed by atoms with Gasteiger partial charge in [-0.05, 0) is 37.3 Å². The lowest BCUT2D eigenvalue weighted by atomic mass is 9.86. The zero-order valence-electron chi connectivity index (χ0n) is 11.6. The first kappa shape index (κ1) is 12.5. The Morgan fingerprint density at radius 3 is 2.74 bits per heavy atom. The van der Waals surface area contributed by atoms with E-state index in [4.69, 9.17) is 9.72 Å². The first-order valence-electron chi connectivity index (χ1n) is 7.41. The molecule has 1 aliphatic carbocycles. The number of benzene rings is 1. The van der Waals surface area contributed by atoms with E-state index in [0.717, 1.165) is 11.3 Å². The van der Waals surface area contributed by atoms with E-state index in [9.17, 15) is 0 Å². The summed E-state index contributed by atoms with van der Waals surface area (Å²) in [5, 5.41) is 2.38. The lowest BCUT2D eigenvalue weighted by molar-refractivity contribution is 0.328. The Balaban J connectivity index is 2.04. The Bertz CT molecular complexity index is 558. The third-order valence-corrected chi connectivity index (χ3v) is 4.03. The van der Waals surface area contributed by atoms with Crippen LogP contribution in [0.3, 0.4) is 0 Å². The van der Waals surface area contributed by atoms with Crippen molar-refractivity contribution in [3.63, 3.8) is 0 Å². The molecule has 0 amide bonds. The number of nitrogens with zero attached hydrogens (tertiary/aromatic N) is 1. The third kappa shape index (κ3) is 2.58. The minimum atomic E-state index is 0.623. The summed E-state index contributed by atoms with van der Waals surface area (Å²) in [6, 6.07) is 10.6. The molecule has 1 aliphatic rings. The van der Waals surface area contributed by atoms with E-state index in [1.807, 2.05) is 13.0 Å². The number of fused-ring (bicyclic) bond motifs is 1. The van der Waals surface area contributed by atoms with Crippen LogP contribution in [0.2, 0.25) is 0 Å². The predicted octanol–water partition coefficient (Wildman–Crippen LogP) is 4.68. The molecule has 1 heterocycles. The minimum absolute atomic E-state index is 0.623. The molecule has 0 radical (unpaired) electrons. The second-order valence-electron chi connectivity index (χ2n) is 5.34. The summed E-state index contributed by atoms with van der Waals surface area (Å²) in [6.07, 6.45) is 6.60. The summed E-state index contributed by atoms with van der Waals surface area (Å²) in [7, 11) is 0. The predicted molar refractivity (Wildman–Crippen MR) is 78.7 cm³/mol. The summed E-state index contributed by atoms with van der Waals surface area (Å²) in [6.45, 7) is 2.69. The molecule has 1 saturated carbocycles. The van der Waals surface area contributed by atoms with Crippen LogP contribution in [0.1, 0.15) is 50.6 Å². The Kier molecular flexibility index (Phi) is 3.67. The van der Waals surface area contributed by atoms with Crippen molar-refractivity contribution < 1.29 is 4.74 Å². The average Bonchev–Trinajstić information content (AvgIpc) is 2.48. The van der Waals surface area contributed by atoms with Crippen molar-refractivity contribution in [3.05, 3.63) is 36.0 Å². The summed E-state index contributed by atoms with van der Waals surface area (Å²) in [5.41, 5.74) is 1.22. The molecule has 2 nitrogen and oxygen atoms in total. The van der Waals surface area contributed by atoms with Crippen LogP contribution in [0, 0.1) is 0 Å². The van der Waals surface area contributed by atoms with Gasteiger partial charge in [-0.25, -0.2) is 4.98 Å². The van der Waals surface area contributed by atoms with E-state index in [-0.39, 0.29) is 0 Å². The largest absolute Gasteiger partial charge is 0.478 e. The summed E-state index contributed by atoms with van der Waals surface area (Å²) >= 11 is 0. The molecule has 0 unspecified atom stereocenters. The highest BCUT2D eigenvalue weighted by molar-refractivity contribution is 5.87. The van der Waals surface area contributed by atoms with Gasteiger partial charge in [-0.1, -0.05) is 37.5 Å². The maximum Gasteiger partial charge on any atom is 0.221 e. The monoisotopic (exact) mass is 255 g/mol. The van der Waals surface area contributed by atoms with Gasteiger partial charge in [0.05, 0.1) is 6.61 Å². The smallest absolute Gasteiger partial charge is 0.221 e. The molecular formula is C17H21NO. The molecule has 0 saturated heterocycles. The molecule has 100 valence electrons. The maximum atomic E-state index is 5.74. The average molecular weight is 255 g/mol. The van der Waals surface area contributed by atoms with Gasteiger partial charge in [0.25, 0.3) is 0 Å². The molecule has 0 N–H and O–H groups in total. The molecule has 1 aromatic carbocycles. The summed E-state index contributed by atoms with van der Waals surface area (Å²) in [4.78, 5) is 4.79. The maximum absolute atomic E-state index is 5.74. The number of ether oxygens (including phenoxy) is 1. The molecule has 0 bridgehead atoms. The van der Waals surface area contributed by atoms with Crippen molar-refractivity contribution in [2.45, 2.75) is 44.9 Å². The number of aromatic nitrogens is 1. The van der Waals surface area contributed by atoms with Gasteiger partial charge in [0.15, 0.2) is 0 Å². The summed E-state index contributed by atoms with van der Waals surface area (Å²) in [5.74, 6) is 1.43. The quantitative estimate of drug-likeness (QED) is 0.794. The lowest BCUT2D eigenvalue weighted by Gasteiger charge is -2.22. The molecule has 0 aliphatic heterocycles. The zero-order chi connectivity index (χ0) is 13.1. The first-order valence-corrected chi connectivity index (χ1v) is 7.41. The van der Waals surface area contributed by atoms with E-state index >= 15 is 0 Å². The minimum Gasteiger partial charge on any atom is -0.478 e. The number of rotatable bonds is 3. The Hall–Kier alpha value is -1.57. The molecular weight excluding hydrogens is 234 g/mol. The van der Waals surface area contributed by atoms with Gasteiger partial charge in [0.1, 0.15) is 0 Å². The molecule has 1 aromatic heterocycles. The van der Waals surface area contributed by atoms with Crippen LogP contribution >= 0.6 is 0 Å². The third-order valence-electron chi connectivity index (χ3n) is 4.03. The SMILES string of the molecule is CCOc1nc(C2CCCCC2)cc2ccccc12. The Morgan fingerprint density at radius 1 is 1.16 bits per heavy atom. The fraction of sp³-hybridized carbons (Fsp3) is 0.471. The van der Waals surface area contributed by atoms with Crippen molar-refractivity contribution in [2.75, 3.05) is 6.61 Å². The first-order chi connectivity index (χ1) is 9.38. The Morgan fingerprint density at radius 2 is 1.95 bits per heavy atom. The van der Waals surface area contributed by atoms with Gasteiger partial charge in [-0.15, -0.1) is 0 Å². The van der Waals surface area contributed by atoms with Gasteiger partial charge < -0.3 is 4.74 Å². The van der Waals surface area contributed by atoms with Crippen LogP contribution in [0.5, 0.6) is 5.88 Å². The molecule has 0 atom stereocenters. The van der Waals surface area contributed by atoms with Gasteiger partial charge in [-0.2, -0.15) is 0 Å². The summed E-state index contributed by atoms with van der Waals surface area (Å²) < 4.78 is 5.74. The highest BCUT2D eigenvalue weighted by Gasteiger charge is 2.18. The number of hydrogen-bond acceptors (Lipinski definition) is 2. The van der Waals surface area contributed by atoms with Gasteiger partial charge in [0.2, 0.25) is 5.88 Å². The fourth-order valence-electron chi connectivity index (χ4n) is 3.04. The molecule has 2 aromatic rings. The molecule has 3 rings (SSSR count). The normalized spacial score (nSPS) is 16.7. The van der Waals surface area contributed by atoms with Crippen molar-refractivity contribution in [3.8, 4) is 5.88 Å². The van der Waals surface area contributed by atoms with Crippen LogP contribution in [0.25, 0.3) is 10.8 Å². The van der Waals surface area contributed by atoms with E-state index in [1.165, 1.54) is 43.2 Å². The second kappa shape index (κ2) is 5.60. The molecule has 19 heavy (non-hydrogen) atoms. The van der Waals surface area contributed by atoms with Crippen LogP contribution in [0.4, 0.5) is 0 Å². The molecule has 0 spiro atoms. The van der Waals surface area contributed by atoms with E-state index in [2.05, 4.69) is 24.3 Å². The van der Waals surface area contributed by atoms with Gasteiger partial charge in [0, 0.05) is 17.0 Å².